The second kappa shape index (κ2) is 6.38. The van der Waals surface area contributed by atoms with Crippen molar-refractivity contribution >= 4 is 17.7 Å². The van der Waals surface area contributed by atoms with Gasteiger partial charge < -0.3 is 11.1 Å². The molecule has 3 N–H and O–H groups in total. The maximum absolute atomic E-state index is 13.0. The molecule has 4 rings (SSSR count). The molecule has 0 spiro atoms. The first-order valence-electron chi connectivity index (χ1n) is 8.58. The van der Waals surface area contributed by atoms with Crippen molar-refractivity contribution in [3.63, 3.8) is 0 Å². The lowest BCUT2D eigenvalue weighted by Gasteiger charge is -2.20. The Labute approximate surface area is 151 Å². The molecule has 2 saturated heterocycles. The molecule has 6 heteroatoms. The van der Waals surface area contributed by atoms with Gasteiger partial charge in [-0.15, -0.1) is 0 Å². The fourth-order valence-corrected chi connectivity index (χ4v) is 3.89. The third kappa shape index (κ3) is 2.68. The smallest absolute Gasteiger partial charge is 0.248 e. The lowest BCUT2D eigenvalue weighted by Crippen LogP contribution is -2.35. The van der Waals surface area contributed by atoms with Crippen molar-refractivity contribution in [1.29, 1.82) is 0 Å². The topological polar surface area (TPSA) is 92.5 Å². The number of fused-ring (bicyclic) bond motifs is 1. The van der Waals surface area contributed by atoms with Gasteiger partial charge in [0.2, 0.25) is 17.7 Å². The van der Waals surface area contributed by atoms with E-state index >= 15 is 0 Å². The van der Waals surface area contributed by atoms with Crippen LogP contribution in [0.1, 0.15) is 27.5 Å². The van der Waals surface area contributed by atoms with Gasteiger partial charge in [0.1, 0.15) is 0 Å². The number of imide groups is 1. The maximum atomic E-state index is 13.0. The highest BCUT2D eigenvalue weighted by molar-refractivity contribution is 6.06. The van der Waals surface area contributed by atoms with Crippen LogP contribution in [0, 0.1) is 11.8 Å². The Hall–Kier alpha value is -2.99. The number of rotatable bonds is 4. The third-order valence-corrected chi connectivity index (χ3v) is 5.22. The Bertz CT molecular complexity index is 864. The fourth-order valence-electron chi connectivity index (χ4n) is 3.89. The molecule has 0 aromatic heterocycles. The van der Waals surface area contributed by atoms with E-state index in [9.17, 15) is 14.4 Å². The number of nitrogens with two attached hydrogens (primary N) is 1. The summed E-state index contributed by atoms with van der Waals surface area (Å²) in [6.07, 6.45) is 0. The summed E-state index contributed by atoms with van der Waals surface area (Å²) in [5, 5.41) is 3.28. The van der Waals surface area contributed by atoms with Gasteiger partial charge in [0.05, 0.1) is 18.4 Å². The molecule has 2 aromatic carbocycles. The summed E-state index contributed by atoms with van der Waals surface area (Å²) in [6, 6.07) is 16.2. The van der Waals surface area contributed by atoms with E-state index < -0.39 is 11.8 Å². The number of benzene rings is 2. The molecule has 2 heterocycles. The molecule has 0 aliphatic carbocycles. The molecular weight excluding hydrogens is 330 g/mol. The van der Waals surface area contributed by atoms with E-state index in [1.807, 2.05) is 30.3 Å². The average Bonchev–Trinajstić information content (AvgIpc) is 3.19. The summed E-state index contributed by atoms with van der Waals surface area (Å²) in [6.45, 7) is 0.779. The monoisotopic (exact) mass is 349 g/mol. The van der Waals surface area contributed by atoms with Gasteiger partial charge in [-0.3, -0.25) is 19.3 Å². The minimum Gasteiger partial charge on any atom is -0.366 e. The van der Waals surface area contributed by atoms with Gasteiger partial charge in [0, 0.05) is 18.2 Å². The van der Waals surface area contributed by atoms with Crippen molar-refractivity contribution in [2.75, 3.05) is 6.54 Å². The minimum absolute atomic E-state index is 0.118. The summed E-state index contributed by atoms with van der Waals surface area (Å²) in [4.78, 5) is 38.3. The van der Waals surface area contributed by atoms with Crippen LogP contribution in [0.25, 0.3) is 0 Å². The van der Waals surface area contributed by atoms with Crippen molar-refractivity contribution in [2.24, 2.45) is 17.6 Å². The molecule has 2 aromatic rings. The number of nitrogens with zero attached hydrogens (tertiary/aromatic N) is 1. The number of carbonyl (C=O) groups is 3. The Kier molecular flexibility index (Phi) is 4.05. The normalized spacial score (nSPS) is 24.8. The third-order valence-electron chi connectivity index (χ3n) is 5.22. The highest BCUT2D eigenvalue weighted by Crippen LogP contribution is 2.41. The second-order valence-electron chi connectivity index (χ2n) is 6.75. The molecular formula is C20H19N3O3. The van der Waals surface area contributed by atoms with E-state index in [-0.39, 0.29) is 23.8 Å². The molecule has 6 nitrogen and oxygen atoms in total. The molecule has 2 aliphatic rings. The summed E-state index contributed by atoms with van der Waals surface area (Å²) < 4.78 is 0. The zero-order valence-corrected chi connectivity index (χ0v) is 14.1. The van der Waals surface area contributed by atoms with Crippen molar-refractivity contribution in [3.05, 3.63) is 71.3 Å². The number of likely N-dealkylation sites (tertiary alicyclic amines) is 1. The highest BCUT2D eigenvalue weighted by Gasteiger charge is 2.54. The van der Waals surface area contributed by atoms with Crippen LogP contribution in [-0.2, 0) is 16.1 Å². The van der Waals surface area contributed by atoms with E-state index in [1.54, 1.807) is 24.3 Å². The predicted molar refractivity (Wildman–Crippen MR) is 94.7 cm³/mol. The van der Waals surface area contributed by atoms with Crippen LogP contribution in [0.4, 0.5) is 0 Å². The van der Waals surface area contributed by atoms with E-state index in [4.69, 9.17) is 5.73 Å². The first-order valence-corrected chi connectivity index (χ1v) is 8.58. The fraction of sp³-hybridized carbons (Fsp3) is 0.250. The number of hydrogen-bond donors (Lipinski definition) is 2. The Morgan fingerprint density at radius 3 is 2.38 bits per heavy atom. The molecule has 3 unspecified atom stereocenters. The van der Waals surface area contributed by atoms with Crippen LogP contribution < -0.4 is 11.1 Å². The van der Waals surface area contributed by atoms with Crippen LogP contribution in [-0.4, -0.2) is 29.2 Å². The van der Waals surface area contributed by atoms with Crippen molar-refractivity contribution in [1.82, 2.24) is 10.2 Å². The van der Waals surface area contributed by atoms with Crippen LogP contribution in [0.3, 0.4) is 0 Å². The van der Waals surface area contributed by atoms with Gasteiger partial charge in [0.15, 0.2) is 0 Å². The largest absolute Gasteiger partial charge is 0.366 e. The molecule has 132 valence electrons. The number of carbonyl (C=O) groups excluding carboxylic acids is 3. The number of amides is 3. The first kappa shape index (κ1) is 16.5. The molecule has 26 heavy (non-hydrogen) atoms. The van der Waals surface area contributed by atoms with Gasteiger partial charge >= 0.3 is 0 Å². The van der Waals surface area contributed by atoms with Crippen LogP contribution >= 0.6 is 0 Å². The maximum Gasteiger partial charge on any atom is 0.248 e. The second-order valence-corrected chi connectivity index (χ2v) is 6.75. The number of nitrogens with one attached hydrogen (secondary N) is 1. The van der Waals surface area contributed by atoms with E-state index in [2.05, 4.69) is 5.32 Å². The standard InChI is InChI=1S/C20H19N3O3/c21-18(24)14-8-6-13(7-9-14)17-16-15(10-22-17)19(25)23(20(16)26)11-12-4-2-1-3-5-12/h1-9,15-17,22H,10-11H2,(H2,21,24). The summed E-state index contributed by atoms with van der Waals surface area (Å²) in [7, 11) is 0. The zero-order chi connectivity index (χ0) is 18.3. The van der Waals surface area contributed by atoms with Gasteiger partial charge in [-0.05, 0) is 23.3 Å². The minimum atomic E-state index is -0.491. The van der Waals surface area contributed by atoms with E-state index in [0.717, 1.165) is 11.1 Å². The van der Waals surface area contributed by atoms with Crippen molar-refractivity contribution in [3.8, 4) is 0 Å². The predicted octanol–water partition coefficient (Wildman–Crippen LogP) is 1.23. The Balaban J connectivity index is 1.57. The van der Waals surface area contributed by atoms with Gasteiger partial charge in [-0.25, -0.2) is 0 Å². The van der Waals surface area contributed by atoms with Crippen LogP contribution in [0.5, 0.6) is 0 Å². The molecule has 2 fully saturated rings. The highest BCUT2D eigenvalue weighted by atomic mass is 16.2. The van der Waals surface area contributed by atoms with Gasteiger partial charge in [-0.2, -0.15) is 0 Å². The number of hydrogen-bond acceptors (Lipinski definition) is 4. The lowest BCUT2D eigenvalue weighted by molar-refractivity contribution is -0.141. The van der Waals surface area contributed by atoms with Gasteiger partial charge in [-0.1, -0.05) is 42.5 Å². The molecule has 0 saturated carbocycles. The Morgan fingerprint density at radius 2 is 1.73 bits per heavy atom. The molecule has 0 bridgehead atoms. The first-order chi connectivity index (χ1) is 12.6. The summed E-state index contributed by atoms with van der Waals surface area (Å²) >= 11 is 0. The summed E-state index contributed by atoms with van der Waals surface area (Å²) in [5.74, 6) is -1.50. The summed E-state index contributed by atoms with van der Waals surface area (Å²) in [5.41, 5.74) is 7.51. The SMILES string of the molecule is NC(=O)c1ccc(C2NCC3C(=O)N(Cc4ccccc4)C(=O)C32)cc1. The average molecular weight is 349 g/mol. The van der Waals surface area contributed by atoms with Crippen molar-refractivity contribution in [2.45, 2.75) is 12.6 Å². The number of primary amides is 1. The van der Waals surface area contributed by atoms with Crippen LogP contribution in [0.15, 0.2) is 54.6 Å². The Morgan fingerprint density at radius 1 is 1.04 bits per heavy atom. The lowest BCUT2D eigenvalue weighted by atomic mass is 9.88. The van der Waals surface area contributed by atoms with Crippen molar-refractivity contribution < 1.29 is 14.4 Å². The molecule has 0 radical (unpaired) electrons. The zero-order valence-electron chi connectivity index (χ0n) is 14.1. The molecule has 2 aliphatic heterocycles. The van der Waals surface area contributed by atoms with E-state index in [0.29, 0.717) is 18.7 Å². The molecule has 3 atom stereocenters. The van der Waals surface area contributed by atoms with Crippen LogP contribution in [0.2, 0.25) is 0 Å². The van der Waals surface area contributed by atoms with E-state index in [1.165, 1.54) is 4.90 Å². The molecule has 3 amide bonds. The quantitative estimate of drug-likeness (QED) is 0.812. The van der Waals surface area contributed by atoms with Gasteiger partial charge in [0.25, 0.3) is 0 Å².